The molecule has 0 aliphatic carbocycles. The van der Waals surface area contributed by atoms with Crippen LogP contribution in [0, 0.1) is 0 Å². The Morgan fingerprint density at radius 1 is 1.23 bits per heavy atom. The molecule has 0 atom stereocenters. The van der Waals surface area contributed by atoms with Crippen molar-refractivity contribution in [2.24, 2.45) is 0 Å². The molecular weight excluding hydrogens is 348 g/mol. The Morgan fingerprint density at radius 3 is 2.65 bits per heavy atom. The number of hydrogen-bond donors (Lipinski definition) is 1. The number of hydrogen-bond acceptors (Lipinski definition) is 6. The number of carbonyl (C=O) groups is 1. The van der Waals surface area contributed by atoms with Crippen molar-refractivity contribution in [2.75, 3.05) is 31.9 Å². The van der Waals surface area contributed by atoms with Crippen molar-refractivity contribution in [3.8, 4) is 5.75 Å². The third-order valence-electron chi connectivity index (χ3n) is 4.30. The van der Waals surface area contributed by atoms with Crippen LogP contribution < -0.4 is 10.5 Å². The van der Waals surface area contributed by atoms with Gasteiger partial charge in [-0.3, -0.25) is 9.69 Å². The first-order chi connectivity index (χ1) is 12.5. The fraction of sp³-hybridized carbons (Fsp3) is 0.474. The number of thiazole rings is 1. The number of amides is 1. The van der Waals surface area contributed by atoms with E-state index in [1.54, 1.807) is 0 Å². The third kappa shape index (κ3) is 4.95. The van der Waals surface area contributed by atoms with Gasteiger partial charge in [0.2, 0.25) is 0 Å². The van der Waals surface area contributed by atoms with Crippen molar-refractivity contribution < 1.29 is 9.53 Å². The Bertz CT molecular complexity index is 729. The lowest BCUT2D eigenvalue weighted by Crippen LogP contribution is -2.35. The van der Waals surface area contributed by atoms with E-state index in [0.717, 1.165) is 44.9 Å². The summed E-state index contributed by atoms with van der Waals surface area (Å²) in [7, 11) is 0. The van der Waals surface area contributed by atoms with Crippen molar-refractivity contribution >= 4 is 22.4 Å². The predicted octanol–water partition coefficient (Wildman–Crippen LogP) is 2.86. The maximum Gasteiger partial charge on any atom is 0.253 e. The highest BCUT2D eigenvalue weighted by Gasteiger charge is 2.20. The summed E-state index contributed by atoms with van der Waals surface area (Å²) in [5.41, 5.74) is 6.42. The second-order valence-corrected chi connectivity index (χ2v) is 7.92. The van der Waals surface area contributed by atoms with Crippen LogP contribution in [0.1, 0.15) is 35.5 Å². The highest BCUT2D eigenvalue weighted by molar-refractivity contribution is 7.15. The molecule has 3 rings (SSSR count). The summed E-state index contributed by atoms with van der Waals surface area (Å²) < 4.78 is 5.64. The van der Waals surface area contributed by atoms with Crippen LogP contribution in [-0.2, 0) is 6.54 Å². The van der Waals surface area contributed by atoms with Crippen LogP contribution in [0.25, 0.3) is 0 Å². The molecule has 0 bridgehead atoms. The van der Waals surface area contributed by atoms with Crippen molar-refractivity contribution in [3.05, 3.63) is 40.9 Å². The minimum atomic E-state index is 0.0879. The minimum Gasteiger partial charge on any atom is -0.491 e. The zero-order valence-electron chi connectivity index (χ0n) is 15.4. The van der Waals surface area contributed by atoms with E-state index in [0.29, 0.717) is 10.7 Å². The van der Waals surface area contributed by atoms with Gasteiger partial charge in [-0.1, -0.05) is 0 Å². The number of aromatic nitrogens is 1. The predicted molar refractivity (Wildman–Crippen MR) is 105 cm³/mol. The van der Waals surface area contributed by atoms with Crippen LogP contribution >= 0.6 is 11.3 Å². The number of rotatable bonds is 5. The van der Waals surface area contributed by atoms with Crippen LogP contribution in [-0.4, -0.2) is 53.0 Å². The number of nitrogens with two attached hydrogens (primary N) is 1. The first-order valence-corrected chi connectivity index (χ1v) is 9.81. The van der Waals surface area contributed by atoms with Gasteiger partial charge in [-0.05, 0) is 44.5 Å². The average Bonchev–Trinajstić information content (AvgIpc) is 2.88. The van der Waals surface area contributed by atoms with Gasteiger partial charge in [0.05, 0.1) is 6.10 Å². The van der Waals surface area contributed by atoms with Gasteiger partial charge >= 0.3 is 0 Å². The molecule has 6 nitrogen and oxygen atoms in total. The van der Waals surface area contributed by atoms with Gasteiger partial charge < -0.3 is 15.4 Å². The molecule has 2 heterocycles. The normalized spacial score (nSPS) is 15.9. The molecular formula is C19H26N4O2S. The van der Waals surface area contributed by atoms with Crippen molar-refractivity contribution in [1.29, 1.82) is 0 Å². The summed E-state index contributed by atoms with van der Waals surface area (Å²) in [5.74, 6) is 0.882. The van der Waals surface area contributed by atoms with E-state index in [4.69, 9.17) is 10.5 Å². The van der Waals surface area contributed by atoms with E-state index in [1.807, 2.05) is 49.2 Å². The van der Waals surface area contributed by atoms with E-state index in [2.05, 4.69) is 9.88 Å². The number of nitrogens with zero attached hydrogens (tertiary/aromatic N) is 3. The van der Waals surface area contributed by atoms with E-state index >= 15 is 0 Å². The molecule has 0 spiro atoms. The zero-order chi connectivity index (χ0) is 18.5. The quantitative estimate of drug-likeness (QED) is 0.871. The minimum absolute atomic E-state index is 0.0879. The van der Waals surface area contributed by atoms with E-state index in [-0.39, 0.29) is 12.0 Å². The Kier molecular flexibility index (Phi) is 6.11. The van der Waals surface area contributed by atoms with E-state index in [1.165, 1.54) is 16.2 Å². The van der Waals surface area contributed by atoms with Gasteiger partial charge in [0, 0.05) is 49.4 Å². The number of ether oxygens (including phenoxy) is 1. The number of benzene rings is 1. The summed E-state index contributed by atoms with van der Waals surface area (Å²) >= 11 is 1.53. The molecule has 2 N–H and O–H groups in total. The van der Waals surface area contributed by atoms with Crippen LogP contribution in [0.15, 0.2) is 30.5 Å². The Morgan fingerprint density at radius 2 is 2.00 bits per heavy atom. The van der Waals surface area contributed by atoms with Gasteiger partial charge in [-0.15, -0.1) is 11.3 Å². The molecule has 140 valence electrons. The van der Waals surface area contributed by atoms with Crippen LogP contribution in [0.4, 0.5) is 5.13 Å². The molecule has 1 aliphatic rings. The molecule has 1 aromatic carbocycles. The molecule has 1 aliphatic heterocycles. The Balaban J connectivity index is 1.56. The molecule has 7 heteroatoms. The summed E-state index contributed by atoms with van der Waals surface area (Å²) in [4.78, 5) is 22.4. The van der Waals surface area contributed by atoms with Gasteiger partial charge in [-0.2, -0.15) is 0 Å². The van der Waals surface area contributed by atoms with E-state index < -0.39 is 0 Å². The monoisotopic (exact) mass is 374 g/mol. The summed E-state index contributed by atoms with van der Waals surface area (Å²) in [6.07, 6.45) is 2.94. The molecule has 26 heavy (non-hydrogen) atoms. The van der Waals surface area contributed by atoms with Crippen LogP contribution in [0.5, 0.6) is 5.75 Å². The van der Waals surface area contributed by atoms with Crippen molar-refractivity contribution in [3.63, 3.8) is 0 Å². The number of carbonyl (C=O) groups excluding carboxylic acids is 1. The topological polar surface area (TPSA) is 71.7 Å². The van der Waals surface area contributed by atoms with Crippen LogP contribution in [0.2, 0.25) is 0 Å². The number of anilines is 1. The van der Waals surface area contributed by atoms with Crippen LogP contribution in [0.3, 0.4) is 0 Å². The van der Waals surface area contributed by atoms with Gasteiger partial charge in [0.1, 0.15) is 5.75 Å². The molecule has 2 aromatic rings. The summed E-state index contributed by atoms with van der Waals surface area (Å²) in [6, 6.07) is 7.43. The highest BCUT2D eigenvalue weighted by atomic mass is 32.1. The molecule has 0 radical (unpaired) electrons. The first kappa shape index (κ1) is 18.7. The molecule has 1 aromatic heterocycles. The number of nitrogen functional groups attached to an aromatic ring is 1. The smallest absolute Gasteiger partial charge is 0.253 e. The lowest BCUT2D eigenvalue weighted by Gasteiger charge is -2.22. The fourth-order valence-electron chi connectivity index (χ4n) is 3.08. The summed E-state index contributed by atoms with van der Waals surface area (Å²) in [6.45, 7) is 8.17. The second-order valence-electron chi connectivity index (χ2n) is 6.78. The van der Waals surface area contributed by atoms with Crippen molar-refractivity contribution in [2.45, 2.75) is 32.9 Å². The lowest BCUT2D eigenvalue weighted by molar-refractivity contribution is 0.0761. The molecule has 1 fully saturated rings. The second kappa shape index (κ2) is 8.51. The highest BCUT2D eigenvalue weighted by Crippen LogP contribution is 2.19. The molecule has 0 unspecified atom stereocenters. The largest absolute Gasteiger partial charge is 0.491 e. The Labute approximate surface area is 158 Å². The lowest BCUT2D eigenvalue weighted by atomic mass is 10.2. The van der Waals surface area contributed by atoms with Gasteiger partial charge in [0.15, 0.2) is 5.13 Å². The summed E-state index contributed by atoms with van der Waals surface area (Å²) in [5, 5.41) is 0.608. The van der Waals surface area contributed by atoms with Gasteiger partial charge in [0.25, 0.3) is 5.91 Å². The van der Waals surface area contributed by atoms with E-state index in [9.17, 15) is 4.79 Å². The Hall–Kier alpha value is -2.12. The molecule has 0 saturated carbocycles. The maximum atomic E-state index is 12.8. The maximum absolute atomic E-state index is 12.8. The first-order valence-electron chi connectivity index (χ1n) is 9.00. The molecule has 1 amide bonds. The molecule has 1 saturated heterocycles. The average molecular weight is 375 g/mol. The fourth-order valence-corrected chi connectivity index (χ4v) is 3.81. The van der Waals surface area contributed by atoms with Crippen molar-refractivity contribution in [1.82, 2.24) is 14.8 Å². The SMILES string of the molecule is CC(C)Oc1ccc(C(=O)N2CCCN(Cc3cnc(N)s3)CC2)cc1. The standard InChI is InChI=1S/C19H26N4O2S/c1-14(2)25-16-6-4-15(5-7-16)18(24)23-9-3-8-22(10-11-23)13-17-12-21-19(20)26-17/h4-7,12,14H,3,8-11,13H2,1-2H3,(H2,20,21). The van der Waals surface area contributed by atoms with Gasteiger partial charge in [-0.25, -0.2) is 4.98 Å². The third-order valence-corrected chi connectivity index (χ3v) is 5.11. The zero-order valence-corrected chi connectivity index (χ0v) is 16.2.